The molecule has 1 heterocycles. The summed E-state index contributed by atoms with van der Waals surface area (Å²) in [5, 5.41) is 5.91. The number of urea groups is 1. The van der Waals surface area contributed by atoms with Crippen molar-refractivity contribution in [2.24, 2.45) is 5.92 Å². The molecule has 5 nitrogen and oxygen atoms in total. The van der Waals surface area contributed by atoms with Crippen molar-refractivity contribution in [3.05, 3.63) is 29.6 Å². The summed E-state index contributed by atoms with van der Waals surface area (Å²) in [5.74, 6) is 0.883. The number of halogens is 1. The number of piperidine rings is 1. The van der Waals surface area contributed by atoms with Gasteiger partial charge in [0.25, 0.3) is 0 Å². The number of benzene rings is 1. The molecule has 1 aliphatic rings. The van der Waals surface area contributed by atoms with Crippen molar-refractivity contribution >= 4 is 6.03 Å². The van der Waals surface area contributed by atoms with Crippen LogP contribution in [0.15, 0.2) is 18.2 Å². The lowest BCUT2D eigenvalue weighted by Crippen LogP contribution is -2.48. The number of ether oxygens (including phenoxy) is 1. The van der Waals surface area contributed by atoms with Gasteiger partial charge in [-0.1, -0.05) is 13.8 Å². The lowest BCUT2D eigenvalue weighted by atomic mass is 10.0. The maximum absolute atomic E-state index is 13.5. The average Bonchev–Trinajstić information content (AvgIpc) is 2.56. The Morgan fingerprint density at radius 3 is 2.60 bits per heavy atom. The molecule has 1 saturated heterocycles. The first-order valence-corrected chi connectivity index (χ1v) is 9.02. The molecule has 25 heavy (non-hydrogen) atoms. The van der Waals surface area contributed by atoms with Gasteiger partial charge in [0.1, 0.15) is 11.6 Å². The van der Waals surface area contributed by atoms with Crippen molar-refractivity contribution < 1.29 is 13.9 Å². The highest BCUT2D eigenvalue weighted by atomic mass is 19.1. The summed E-state index contributed by atoms with van der Waals surface area (Å²) in [5.41, 5.74) is 0.629. The molecule has 0 spiro atoms. The quantitative estimate of drug-likeness (QED) is 0.827. The summed E-state index contributed by atoms with van der Waals surface area (Å²) in [6, 6.07) is 3.94. The van der Waals surface area contributed by atoms with Crippen molar-refractivity contribution in [2.45, 2.75) is 45.7 Å². The van der Waals surface area contributed by atoms with Crippen LogP contribution in [0.25, 0.3) is 0 Å². The number of nitrogens with one attached hydrogen (secondary N) is 2. The van der Waals surface area contributed by atoms with Gasteiger partial charge in [-0.25, -0.2) is 9.18 Å². The Bertz CT molecular complexity index is 572. The second-order valence-electron chi connectivity index (χ2n) is 7.19. The first-order chi connectivity index (χ1) is 11.9. The van der Waals surface area contributed by atoms with Crippen molar-refractivity contribution in [3.8, 4) is 5.75 Å². The van der Waals surface area contributed by atoms with Gasteiger partial charge in [0.2, 0.25) is 0 Å². The van der Waals surface area contributed by atoms with Gasteiger partial charge in [-0.3, -0.25) is 0 Å². The number of nitrogens with zero attached hydrogens (tertiary/aromatic N) is 1. The number of likely N-dealkylation sites (tertiary alicyclic amines) is 1. The minimum atomic E-state index is -0.345. The predicted molar refractivity (Wildman–Crippen MR) is 97.3 cm³/mol. The van der Waals surface area contributed by atoms with Gasteiger partial charge in [0.05, 0.1) is 13.2 Å². The Labute approximate surface area is 149 Å². The Morgan fingerprint density at radius 1 is 1.32 bits per heavy atom. The first kappa shape index (κ1) is 19.5. The summed E-state index contributed by atoms with van der Waals surface area (Å²) in [6.07, 6.45) is 1.91. The van der Waals surface area contributed by atoms with E-state index in [2.05, 4.69) is 29.4 Å². The molecule has 140 valence electrons. The molecule has 0 bridgehead atoms. The fourth-order valence-electron chi connectivity index (χ4n) is 3.32. The van der Waals surface area contributed by atoms with Crippen LogP contribution < -0.4 is 15.4 Å². The minimum Gasteiger partial charge on any atom is -0.496 e. The Kier molecular flexibility index (Phi) is 7.05. The molecule has 1 aliphatic heterocycles. The largest absolute Gasteiger partial charge is 0.496 e. The molecule has 1 fully saturated rings. The average molecular weight is 351 g/mol. The molecule has 0 saturated carbocycles. The van der Waals surface area contributed by atoms with Gasteiger partial charge in [-0.15, -0.1) is 0 Å². The van der Waals surface area contributed by atoms with Gasteiger partial charge < -0.3 is 20.3 Å². The standard InChI is InChI=1S/C19H30FN3O2/c1-13(2)12-23-9-7-16(8-10-23)22-19(24)21-14(3)17-11-15(20)5-6-18(17)25-4/h5-6,11,13-14,16H,7-10,12H2,1-4H3,(H2,21,22,24)/t14-/m1/s1. The third-order valence-corrected chi connectivity index (χ3v) is 4.55. The SMILES string of the molecule is COc1ccc(F)cc1[C@@H](C)NC(=O)NC1CCN(CC(C)C)CC1. The molecule has 2 amide bonds. The van der Waals surface area contributed by atoms with Crippen molar-refractivity contribution in [1.29, 1.82) is 0 Å². The zero-order valence-corrected chi connectivity index (χ0v) is 15.6. The van der Waals surface area contributed by atoms with Crippen LogP contribution in [-0.2, 0) is 0 Å². The van der Waals surface area contributed by atoms with Gasteiger partial charge >= 0.3 is 6.03 Å². The van der Waals surface area contributed by atoms with E-state index in [-0.39, 0.29) is 23.9 Å². The normalized spacial score (nSPS) is 17.4. The number of methoxy groups -OCH3 is 1. The molecule has 2 rings (SSSR count). The zero-order valence-electron chi connectivity index (χ0n) is 15.6. The van der Waals surface area contributed by atoms with Crippen LogP contribution in [0.1, 0.15) is 45.2 Å². The van der Waals surface area contributed by atoms with Crippen LogP contribution in [0.5, 0.6) is 5.75 Å². The van der Waals surface area contributed by atoms with Crippen LogP contribution in [-0.4, -0.2) is 43.7 Å². The molecular weight excluding hydrogens is 321 g/mol. The smallest absolute Gasteiger partial charge is 0.315 e. The summed E-state index contributed by atoms with van der Waals surface area (Å²) in [7, 11) is 1.54. The topological polar surface area (TPSA) is 53.6 Å². The van der Waals surface area contributed by atoms with Crippen molar-refractivity contribution in [1.82, 2.24) is 15.5 Å². The molecule has 6 heteroatoms. The number of carbonyl (C=O) groups excluding carboxylic acids is 1. The van der Waals surface area contributed by atoms with E-state index in [4.69, 9.17) is 4.74 Å². The van der Waals surface area contributed by atoms with Gasteiger partial charge in [-0.05, 0) is 43.9 Å². The van der Waals surface area contributed by atoms with E-state index in [1.807, 2.05) is 6.92 Å². The zero-order chi connectivity index (χ0) is 18.4. The maximum atomic E-state index is 13.5. The molecule has 1 atom stereocenters. The van der Waals surface area contributed by atoms with Crippen LogP contribution in [0, 0.1) is 11.7 Å². The van der Waals surface area contributed by atoms with E-state index in [9.17, 15) is 9.18 Å². The van der Waals surface area contributed by atoms with E-state index >= 15 is 0 Å². The molecule has 2 N–H and O–H groups in total. The molecule has 1 aromatic rings. The third-order valence-electron chi connectivity index (χ3n) is 4.55. The summed E-state index contributed by atoms with van der Waals surface area (Å²) < 4.78 is 18.7. The highest BCUT2D eigenvalue weighted by Gasteiger charge is 2.22. The van der Waals surface area contributed by atoms with Crippen LogP contribution in [0.2, 0.25) is 0 Å². The molecule has 0 aliphatic carbocycles. The van der Waals surface area contributed by atoms with E-state index < -0.39 is 0 Å². The molecular formula is C19H30FN3O2. The Hall–Kier alpha value is -1.82. The molecule has 0 unspecified atom stereocenters. The number of hydrogen-bond acceptors (Lipinski definition) is 3. The lowest BCUT2D eigenvalue weighted by molar-refractivity contribution is 0.177. The second kappa shape index (κ2) is 9.04. The highest BCUT2D eigenvalue weighted by Crippen LogP contribution is 2.25. The first-order valence-electron chi connectivity index (χ1n) is 9.02. The van der Waals surface area contributed by atoms with Crippen LogP contribution in [0.4, 0.5) is 9.18 Å². The van der Waals surface area contributed by atoms with Gasteiger partial charge in [0, 0.05) is 31.2 Å². The molecule has 0 radical (unpaired) electrons. The van der Waals surface area contributed by atoms with Gasteiger partial charge in [0.15, 0.2) is 0 Å². The maximum Gasteiger partial charge on any atom is 0.315 e. The monoisotopic (exact) mass is 351 g/mol. The molecule has 0 aromatic heterocycles. The highest BCUT2D eigenvalue weighted by molar-refractivity contribution is 5.74. The van der Waals surface area contributed by atoms with Crippen molar-refractivity contribution in [3.63, 3.8) is 0 Å². The third kappa shape index (κ3) is 5.88. The van der Waals surface area contributed by atoms with Gasteiger partial charge in [-0.2, -0.15) is 0 Å². The van der Waals surface area contributed by atoms with Crippen LogP contribution in [0.3, 0.4) is 0 Å². The number of carbonyl (C=O) groups is 1. The van der Waals surface area contributed by atoms with Crippen molar-refractivity contribution in [2.75, 3.05) is 26.7 Å². The second-order valence-corrected chi connectivity index (χ2v) is 7.19. The van der Waals surface area contributed by atoms with E-state index in [0.29, 0.717) is 17.2 Å². The number of rotatable bonds is 6. The van der Waals surface area contributed by atoms with E-state index in [1.54, 1.807) is 6.07 Å². The minimum absolute atomic E-state index is 0.185. The summed E-state index contributed by atoms with van der Waals surface area (Å²) in [4.78, 5) is 14.7. The number of hydrogen-bond donors (Lipinski definition) is 2. The fraction of sp³-hybridized carbons (Fsp3) is 0.632. The summed E-state index contributed by atoms with van der Waals surface area (Å²) >= 11 is 0. The fourth-order valence-corrected chi connectivity index (χ4v) is 3.32. The van der Waals surface area contributed by atoms with E-state index in [0.717, 1.165) is 32.5 Å². The lowest BCUT2D eigenvalue weighted by Gasteiger charge is -2.33. The Balaban J connectivity index is 1.83. The number of amides is 2. The molecule has 1 aromatic carbocycles. The van der Waals surface area contributed by atoms with Crippen LogP contribution >= 0.6 is 0 Å². The van der Waals surface area contributed by atoms with E-state index in [1.165, 1.54) is 19.2 Å². The predicted octanol–water partition coefficient (Wildman–Crippen LogP) is 3.31. The Morgan fingerprint density at radius 2 is 2.00 bits per heavy atom. The summed E-state index contributed by atoms with van der Waals surface area (Å²) in [6.45, 7) is 9.39.